The Balaban J connectivity index is 1.62. The molecule has 1 fully saturated rings. The van der Waals surface area contributed by atoms with Crippen molar-refractivity contribution in [3.05, 3.63) is 30.2 Å². The lowest BCUT2D eigenvalue weighted by molar-refractivity contribution is 0.169. The lowest BCUT2D eigenvalue weighted by Gasteiger charge is -2.37. The van der Waals surface area contributed by atoms with Gasteiger partial charge in [0.2, 0.25) is 5.89 Å². The first-order valence-corrected chi connectivity index (χ1v) is 8.28. The number of rotatable bonds is 3. The number of nitrogens with zero attached hydrogens (tertiary/aromatic N) is 5. The molecule has 1 aliphatic rings. The van der Waals surface area contributed by atoms with Gasteiger partial charge in [0, 0.05) is 44.8 Å². The summed E-state index contributed by atoms with van der Waals surface area (Å²) in [6.45, 7) is 12.6. The van der Waals surface area contributed by atoms with Gasteiger partial charge >= 0.3 is 0 Å². The second-order valence-corrected chi connectivity index (χ2v) is 7.38. The molecule has 3 rings (SSSR count). The lowest BCUT2D eigenvalue weighted by atomic mass is 9.94. The zero-order chi connectivity index (χ0) is 16.6. The molecular weight excluding hydrogens is 290 g/mol. The van der Waals surface area contributed by atoms with Gasteiger partial charge in [0.05, 0.1) is 24.1 Å². The highest BCUT2D eigenvalue weighted by molar-refractivity contribution is 5.42. The van der Waals surface area contributed by atoms with E-state index in [1.807, 2.05) is 24.1 Å². The lowest BCUT2D eigenvalue weighted by Crippen LogP contribution is -2.47. The van der Waals surface area contributed by atoms with E-state index in [1.54, 1.807) is 0 Å². The largest absolute Gasteiger partial charge is 0.443 e. The van der Waals surface area contributed by atoms with Gasteiger partial charge < -0.3 is 9.32 Å². The summed E-state index contributed by atoms with van der Waals surface area (Å²) in [5, 5.41) is 4.26. The van der Waals surface area contributed by atoms with Crippen LogP contribution in [0.5, 0.6) is 0 Å². The second-order valence-electron chi connectivity index (χ2n) is 7.38. The van der Waals surface area contributed by atoms with Gasteiger partial charge in [-0.25, -0.2) is 4.98 Å². The van der Waals surface area contributed by atoms with Crippen molar-refractivity contribution in [1.82, 2.24) is 19.7 Å². The first-order valence-electron chi connectivity index (χ1n) is 8.28. The fourth-order valence-corrected chi connectivity index (χ4v) is 2.92. The molecule has 1 aliphatic heterocycles. The van der Waals surface area contributed by atoms with Crippen LogP contribution in [0.2, 0.25) is 0 Å². The van der Waals surface area contributed by atoms with Crippen LogP contribution in [0, 0.1) is 0 Å². The van der Waals surface area contributed by atoms with Gasteiger partial charge in [0.25, 0.3) is 0 Å². The Hall–Kier alpha value is -1.82. The van der Waals surface area contributed by atoms with Crippen LogP contribution in [-0.2, 0) is 12.5 Å². The average molecular weight is 317 g/mol. The number of hydrogen-bond acceptors (Lipinski definition) is 5. The molecule has 2 aromatic heterocycles. The first-order chi connectivity index (χ1) is 10.8. The molecule has 0 aliphatic carbocycles. The third-order valence-electron chi connectivity index (χ3n) is 4.54. The van der Waals surface area contributed by atoms with Gasteiger partial charge in [0.1, 0.15) is 5.76 Å². The van der Waals surface area contributed by atoms with Crippen molar-refractivity contribution < 1.29 is 4.42 Å². The smallest absolute Gasteiger partial charge is 0.211 e. The van der Waals surface area contributed by atoms with E-state index in [-0.39, 0.29) is 11.5 Å². The van der Waals surface area contributed by atoms with Crippen LogP contribution < -0.4 is 4.90 Å². The quantitative estimate of drug-likeness (QED) is 0.871. The highest BCUT2D eigenvalue weighted by Crippen LogP contribution is 2.28. The van der Waals surface area contributed by atoms with Crippen molar-refractivity contribution in [2.45, 2.75) is 39.2 Å². The summed E-state index contributed by atoms with van der Waals surface area (Å²) < 4.78 is 7.85. The van der Waals surface area contributed by atoms with E-state index in [0.29, 0.717) is 0 Å². The monoisotopic (exact) mass is 317 g/mol. The third-order valence-corrected chi connectivity index (χ3v) is 4.54. The maximum atomic E-state index is 6.00. The molecule has 2 aromatic rings. The Kier molecular flexibility index (Phi) is 4.19. The molecule has 0 spiro atoms. The van der Waals surface area contributed by atoms with E-state index in [4.69, 9.17) is 4.42 Å². The second kappa shape index (κ2) is 6.00. The Morgan fingerprint density at radius 3 is 2.35 bits per heavy atom. The summed E-state index contributed by atoms with van der Waals surface area (Å²) in [5.41, 5.74) is 1.20. The first kappa shape index (κ1) is 16.1. The topological polar surface area (TPSA) is 50.3 Å². The highest BCUT2D eigenvalue weighted by atomic mass is 16.4. The van der Waals surface area contributed by atoms with Gasteiger partial charge in [-0.3, -0.25) is 9.58 Å². The minimum Gasteiger partial charge on any atom is -0.443 e. The minimum atomic E-state index is 0.00395. The number of aryl methyl sites for hydroxylation is 1. The highest BCUT2D eigenvalue weighted by Gasteiger charge is 2.27. The van der Waals surface area contributed by atoms with Gasteiger partial charge in [-0.1, -0.05) is 20.8 Å². The van der Waals surface area contributed by atoms with Crippen LogP contribution in [0.4, 0.5) is 5.69 Å². The molecule has 1 atom stereocenters. The molecule has 0 N–H and O–H groups in total. The van der Waals surface area contributed by atoms with Crippen molar-refractivity contribution in [2.75, 3.05) is 31.1 Å². The summed E-state index contributed by atoms with van der Waals surface area (Å²) >= 11 is 0. The van der Waals surface area contributed by atoms with E-state index in [1.165, 1.54) is 5.69 Å². The number of oxazole rings is 1. The fourth-order valence-electron chi connectivity index (χ4n) is 2.92. The SMILES string of the molecule is C[C@@H](c1ncc(C(C)(C)C)o1)N1CCN(c2cnn(C)c2)CC1. The normalized spacial score (nSPS) is 18.4. The molecule has 0 aromatic carbocycles. The summed E-state index contributed by atoms with van der Waals surface area (Å²) in [5.74, 6) is 1.78. The summed E-state index contributed by atoms with van der Waals surface area (Å²) in [7, 11) is 1.96. The van der Waals surface area contributed by atoms with Crippen LogP contribution >= 0.6 is 0 Å². The van der Waals surface area contributed by atoms with Crippen LogP contribution in [0.15, 0.2) is 23.0 Å². The number of aromatic nitrogens is 3. The zero-order valence-electron chi connectivity index (χ0n) is 14.8. The maximum Gasteiger partial charge on any atom is 0.211 e. The molecule has 1 saturated heterocycles. The van der Waals surface area contributed by atoms with Crippen LogP contribution in [0.25, 0.3) is 0 Å². The summed E-state index contributed by atoms with van der Waals surface area (Å²) in [4.78, 5) is 9.32. The van der Waals surface area contributed by atoms with Crippen LogP contribution in [0.1, 0.15) is 45.4 Å². The van der Waals surface area contributed by atoms with E-state index < -0.39 is 0 Å². The predicted octanol–water partition coefficient (Wildman–Crippen LogP) is 2.59. The van der Waals surface area contributed by atoms with E-state index in [9.17, 15) is 0 Å². The van der Waals surface area contributed by atoms with Crippen molar-refractivity contribution >= 4 is 5.69 Å². The van der Waals surface area contributed by atoms with Crippen LogP contribution in [-0.4, -0.2) is 45.8 Å². The number of piperazine rings is 1. The molecule has 6 heteroatoms. The van der Waals surface area contributed by atoms with Crippen LogP contribution in [0.3, 0.4) is 0 Å². The predicted molar refractivity (Wildman–Crippen MR) is 90.6 cm³/mol. The molecule has 0 bridgehead atoms. The Morgan fingerprint density at radius 2 is 1.83 bits per heavy atom. The molecule has 0 unspecified atom stereocenters. The summed E-state index contributed by atoms with van der Waals surface area (Å²) in [6, 6.07) is 0.210. The number of hydrogen-bond donors (Lipinski definition) is 0. The molecule has 23 heavy (non-hydrogen) atoms. The molecule has 0 amide bonds. The molecule has 0 radical (unpaired) electrons. The van der Waals surface area contributed by atoms with E-state index in [2.05, 4.69) is 53.8 Å². The molecule has 3 heterocycles. The van der Waals surface area contributed by atoms with E-state index >= 15 is 0 Å². The van der Waals surface area contributed by atoms with Crippen molar-refractivity contribution in [2.24, 2.45) is 7.05 Å². The van der Waals surface area contributed by atoms with Crippen molar-refractivity contribution in [3.8, 4) is 0 Å². The Bertz CT molecular complexity index is 646. The van der Waals surface area contributed by atoms with E-state index in [0.717, 1.165) is 37.8 Å². The zero-order valence-corrected chi connectivity index (χ0v) is 14.8. The standard InChI is InChI=1S/C17H27N5O/c1-13(16-18-11-15(23-16)17(2,3)4)21-6-8-22(9-7-21)14-10-19-20(5)12-14/h10-13H,6-9H2,1-5H3/t13-/m0/s1. The molecule has 126 valence electrons. The van der Waals surface area contributed by atoms with Crippen molar-refractivity contribution in [3.63, 3.8) is 0 Å². The molecule has 0 saturated carbocycles. The average Bonchev–Trinajstić information content (AvgIpc) is 3.15. The molecular formula is C17H27N5O. The summed E-state index contributed by atoms with van der Waals surface area (Å²) in [6.07, 6.45) is 5.88. The third kappa shape index (κ3) is 3.42. The Morgan fingerprint density at radius 1 is 1.13 bits per heavy atom. The van der Waals surface area contributed by atoms with Gasteiger partial charge in [-0.15, -0.1) is 0 Å². The van der Waals surface area contributed by atoms with Gasteiger partial charge in [-0.2, -0.15) is 5.10 Å². The van der Waals surface area contributed by atoms with Gasteiger partial charge in [0.15, 0.2) is 0 Å². The van der Waals surface area contributed by atoms with Gasteiger partial charge in [-0.05, 0) is 6.92 Å². The number of anilines is 1. The Labute approximate surface area is 138 Å². The molecule has 6 nitrogen and oxygen atoms in total. The minimum absolute atomic E-state index is 0.00395. The maximum absolute atomic E-state index is 6.00. The van der Waals surface area contributed by atoms with Crippen molar-refractivity contribution in [1.29, 1.82) is 0 Å². The fraction of sp³-hybridized carbons (Fsp3) is 0.647.